The molecule has 3 rings (SSSR count). The highest BCUT2D eigenvalue weighted by molar-refractivity contribution is 6.67. The molecule has 0 spiro atoms. The van der Waals surface area contributed by atoms with Gasteiger partial charge in [-0.05, 0) is 48.5 Å². The zero-order chi connectivity index (χ0) is 23.5. The van der Waals surface area contributed by atoms with Crippen LogP contribution in [0.4, 0.5) is 0 Å². The van der Waals surface area contributed by atoms with Gasteiger partial charge in [-0.15, -0.1) is 0 Å². The monoisotopic (exact) mass is 550 g/mol. The van der Waals surface area contributed by atoms with Gasteiger partial charge in [-0.25, -0.2) is 9.59 Å². The zero-order valence-corrected chi connectivity index (χ0v) is 20.4. The van der Waals surface area contributed by atoms with Gasteiger partial charge in [0.15, 0.2) is 0 Å². The highest BCUT2D eigenvalue weighted by Gasteiger charge is 2.24. The van der Waals surface area contributed by atoms with Crippen LogP contribution >= 0.6 is 69.6 Å². The molecule has 0 heterocycles. The Morgan fingerprint density at radius 3 is 1.03 bits per heavy atom. The van der Waals surface area contributed by atoms with Gasteiger partial charge in [0.1, 0.15) is 11.5 Å². The molecule has 3 aromatic carbocycles. The lowest BCUT2D eigenvalue weighted by atomic mass is 10.1. The molecule has 0 N–H and O–H groups in total. The lowest BCUT2D eigenvalue weighted by Crippen LogP contribution is -2.10. The number of carbonyl (C=O) groups excluding carboxylic acids is 2. The lowest BCUT2D eigenvalue weighted by Gasteiger charge is -2.12. The molecule has 0 fully saturated rings. The first-order valence-electron chi connectivity index (χ1n) is 8.82. The number of rotatable bonds is 4. The maximum absolute atomic E-state index is 12.3. The molecule has 4 nitrogen and oxygen atoms in total. The lowest BCUT2D eigenvalue weighted by molar-refractivity contribution is 0.0719. The molecule has 32 heavy (non-hydrogen) atoms. The van der Waals surface area contributed by atoms with Crippen molar-refractivity contribution in [3.63, 3.8) is 0 Å². The van der Waals surface area contributed by atoms with Crippen molar-refractivity contribution < 1.29 is 19.1 Å². The molecule has 3 aromatic rings. The second-order valence-electron chi connectivity index (χ2n) is 6.40. The van der Waals surface area contributed by atoms with Gasteiger partial charge in [-0.2, -0.15) is 0 Å². The van der Waals surface area contributed by atoms with Gasteiger partial charge in [0.05, 0.1) is 11.1 Å². The van der Waals surface area contributed by atoms with Crippen LogP contribution in [0.5, 0.6) is 11.5 Å². The molecule has 0 aliphatic heterocycles. The van der Waals surface area contributed by atoms with Gasteiger partial charge in [0, 0.05) is 11.1 Å². The second kappa shape index (κ2) is 10.1. The SMILES string of the molecule is O=C(Oc1ccc(OC(=O)c2ccc(C(Cl)(Cl)Cl)cc2)cc1)c1ccc(C(Cl)(Cl)Cl)cc1. The van der Waals surface area contributed by atoms with Crippen molar-refractivity contribution in [3.8, 4) is 11.5 Å². The molecule has 0 aromatic heterocycles. The first kappa shape index (κ1) is 25.0. The molecule has 166 valence electrons. The van der Waals surface area contributed by atoms with E-state index in [0.29, 0.717) is 11.1 Å². The van der Waals surface area contributed by atoms with Gasteiger partial charge in [-0.1, -0.05) is 93.9 Å². The fraction of sp³-hybridized carbons (Fsp3) is 0.0909. The van der Waals surface area contributed by atoms with E-state index in [1.165, 1.54) is 72.8 Å². The molecule has 0 saturated carbocycles. The van der Waals surface area contributed by atoms with Gasteiger partial charge in [0.25, 0.3) is 0 Å². The van der Waals surface area contributed by atoms with Crippen molar-refractivity contribution in [1.82, 2.24) is 0 Å². The van der Waals surface area contributed by atoms with Crippen LogP contribution in [0.15, 0.2) is 72.8 Å². The Bertz CT molecular complexity index is 1010. The second-order valence-corrected chi connectivity index (χ2v) is 11.0. The minimum absolute atomic E-state index is 0.257. The number of carbonyl (C=O) groups is 2. The highest BCUT2D eigenvalue weighted by atomic mass is 35.6. The molecule has 0 aliphatic carbocycles. The van der Waals surface area contributed by atoms with E-state index in [0.717, 1.165) is 0 Å². The number of hydrogen-bond acceptors (Lipinski definition) is 4. The summed E-state index contributed by atoms with van der Waals surface area (Å²) in [6.45, 7) is 0. The molecule has 10 heteroatoms. The molecule has 0 unspecified atom stereocenters. The van der Waals surface area contributed by atoms with Crippen LogP contribution in [0.25, 0.3) is 0 Å². The fourth-order valence-corrected chi connectivity index (χ4v) is 3.25. The third-order valence-corrected chi connectivity index (χ3v) is 5.45. The Kier molecular flexibility index (Phi) is 7.87. The topological polar surface area (TPSA) is 52.6 Å². The van der Waals surface area contributed by atoms with E-state index < -0.39 is 19.5 Å². The fourth-order valence-electron chi connectivity index (χ4n) is 2.50. The van der Waals surface area contributed by atoms with Crippen molar-refractivity contribution in [2.45, 2.75) is 7.59 Å². The van der Waals surface area contributed by atoms with Gasteiger partial charge in [0.2, 0.25) is 7.59 Å². The molecule has 0 saturated heterocycles. The Morgan fingerprint density at radius 1 is 0.500 bits per heavy atom. The van der Waals surface area contributed by atoms with E-state index in [4.69, 9.17) is 79.1 Å². The number of halogens is 6. The molecular weight excluding hydrogens is 541 g/mol. The van der Waals surface area contributed by atoms with Crippen LogP contribution in [-0.4, -0.2) is 11.9 Å². The summed E-state index contributed by atoms with van der Waals surface area (Å²) >= 11 is 34.8. The van der Waals surface area contributed by atoms with E-state index in [1.54, 1.807) is 0 Å². The largest absolute Gasteiger partial charge is 0.423 e. The van der Waals surface area contributed by atoms with Crippen LogP contribution in [0.1, 0.15) is 31.8 Å². The Balaban J connectivity index is 1.61. The van der Waals surface area contributed by atoms with E-state index in [-0.39, 0.29) is 22.6 Å². The summed E-state index contributed by atoms with van der Waals surface area (Å²) in [7, 11) is 0. The van der Waals surface area contributed by atoms with Crippen LogP contribution in [0.3, 0.4) is 0 Å². The normalized spacial score (nSPS) is 11.7. The molecule has 0 amide bonds. The number of benzene rings is 3. The first-order chi connectivity index (χ1) is 14.9. The summed E-state index contributed by atoms with van der Waals surface area (Å²) in [5.74, 6) is -0.682. The summed E-state index contributed by atoms with van der Waals surface area (Å²) in [6, 6.07) is 18.0. The highest BCUT2D eigenvalue weighted by Crippen LogP contribution is 2.38. The standard InChI is InChI=1S/C22H12Cl6O4/c23-21(24,25)15-5-1-13(2-6-15)19(29)31-17-9-11-18(12-10-17)32-20(30)14-3-7-16(8-4-14)22(26,27)28/h1-12H. The minimum atomic E-state index is -1.58. The molecule has 0 radical (unpaired) electrons. The van der Waals surface area contributed by atoms with Crippen molar-refractivity contribution in [2.75, 3.05) is 0 Å². The van der Waals surface area contributed by atoms with Crippen molar-refractivity contribution in [2.24, 2.45) is 0 Å². The van der Waals surface area contributed by atoms with Crippen LogP contribution in [-0.2, 0) is 7.59 Å². The van der Waals surface area contributed by atoms with Gasteiger partial charge in [-0.3, -0.25) is 0 Å². The van der Waals surface area contributed by atoms with Crippen molar-refractivity contribution >= 4 is 81.5 Å². The predicted octanol–water partition coefficient (Wildman–Crippen LogP) is 7.78. The third-order valence-electron chi connectivity index (χ3n) is 4.14. The number of esters is 2. The van der Waals surface area contributed by atoms with E-state index in [2.05, 4.69) is 0 Å². The Morgan fingerprint density at radius 2 is 0.781 bits per heavy atom. The third kappa shape index (κ3) is 6.67. The van der Waals surface area contributed by atoms with Gasteiger partial charge < -0.3 is 9.47 Å². The van der Waals surface area contributed by atoms with Crippen molar-refractivity contribution in [1.29, 1.82) is 0 Å². The zero-order valence-electron chi connectivity index (χ0n) is 15.8. The first-order valence-corrected chi connectivity index (χ1v) is 11.1. The summed E-state index contributed by atoms with van der Waals surface area (Å²) < 4.78 is 7.43. The maximum Gasteiger partial charge on any atom is 0.343 e. The average molecular weight is 553 g/mol. The Labute approximate surface area is 213 Å². The summed E-state index contributed by atoms with van der Waals surface area (Å²) in [6.07, 6.45) is 0. The van der Waals surface area contributed by atoms with Crippen LogP contribution < -0.4 is 9.47 Å². The minimum Gasteiger partial charge on any atom is -0.423 e. The van der Waals surface area contributed by atoms with Crippen LogP contribution in [0, 0.1) is 0 Å². The van der Waals surface area contributed by atoms with E-state index >= 15 is 0 Å². The number of hydrogen-bond donors (Lipinski definition) is 0. The predicted molar refractivity (Wildman–Crippen MR) is 128 cm³/mol. The van der Waals surface area contributed by atoms with E-state index in [1.807, 2.05) is 0 Å². The van der Waals surface area contributed by atoms with E-state index in [9.17, 15) is 9.59 Å². The smallest absolute Gasteiger partial charge is 0.343 e. The number of alkyl halides is 6. The summed E-state index contributed by atoms with van der Waals surface area (Å²) in [4.78, 5) is 24.6. The molecule has 0 aliphatic rings. The Hall–Kier alpha value is -1.66. The molecular formula is C22H12Cl6O4. The average Bonchev–Trinajstić information content (AvgIpc) is 2.74. The quantitative estimate of drug-likeness (QED) is 0.188. The molecule has 0 bridgehead atoms. The summed E-state index contributed by atoms with van der Waals surface area (Å²) in [5.41, 5.74) is 1.40. The number of ether oxygens (including phenoxy) is 2. The maximum atomic E-state index is 12.3. The summed E-state index contributed by atoms with van der Waals surface area (Å²) in [5, 5.41) is 0. The molecule has 0 atom stereocenters. The van der Waals surface area contributed by atoms with Crippen LogP contribution in [0.2, 0.25) is 0 Å². The van der Waals surface area contributed by atoms with Crippen molar-refractivity contribution in [3.05, 3.63) is 95.1 Å². The van der Waals surface area contributed by atoms with Gasteiger partial charge >= 0.3 is 11.9 Å².